The van der Waals surface area contributed by atoms with Crippen LogP contribution < -0.4 is 0 Å². The highest BCUT2D eigenvalue weighted by atomic mass is 15.2. The summed E-state index contributed by atoms with van der Waals surface area (Å²) in [5.41, 5.74) is 13.0. The Kier molecular flexibility index (Phi) is 8.82. The molecule has 0 spiro atoms. The van der Waals surface area contributed by atoms with E-state index in [0.29, 0.717) is 17.6 Å². The Morgan fingerprint density at radius 1 is 0.417 bits per heavy atom. The monoisotopic (exact) mass is 768 g/mol. The first-order valence-corrected chi connectivity index (χ1v) is 20.7. The van der Waals surface area contributed by atoms with Gasteiger partial charge in [0, 0.05) is 21.9 Å². The van der Waals surface area contributed by atoms with Crippen LogP contribution in [0.25, 0.3) is 94.3 Å². The van der Waals surface area contributed by atoms with Crippen LogP contribution in [0.15, 0.2) is 200 Å². The number of aryl methyl sites for hydroxylation is 3. The molecule has 60 heavy (non-hydrogen) atoms. The molecule has 0 N–H and O–H groups in total. The summed E-state index contributed by atoms with van der Waals surface area (Å²) in [6.45, 7) is 2.23. The Morgan fingerprint density at radius 3 is 1.73 bits per heavy atom. The van der Waals surface area contributed by atoms with Crippen LogP contribution in [-0.4, -0.2) is 19.5 Å². The van der Waals surface area contributed by atoms with Gasteiger partial charge in [-0.15, -0.1) is 0 Å². The number of fused-ring (bicyclic) bond motifs is 6. The molecule has 0 saturated carbocycles. The summed E-state index contributed by atoms with van der Waals surface area (Å²) in [5, 5.41) is 7.23. The second-order valence-electron chi connectivity index (χ2n) is 15.6. The van der Waals surface area contributed by atoms with Crippen LogP contribution in [0.1, 0.15) is 16.7 Å². The van der Waals surface area contributed by atoms with E-state index < -0.39 is 0 Å². The van der Waals surface area contributed by atoms with E-state index in [1.54, 1.807) is 0 Å². The van der Waals surface area contributed by atoms with Crippen LogP contribution in [-0.2, 0) is 12.8 Å². The van der Waals surface area contributed by atoms with Gasteiger partial charge in [0.2, 0.25) is 5.95 Å². The molecule has 0 aliphatic carbocycles. The third-order valence-corrected chi connectivity index (χ3v) is 11.9. The molecule has 0 amide bonds. The second kappa shape index (κ2) is 14.9. The highest BCUT2D eigenvalue weighted by molar-refractivity contribution is 6.22. The summed E-state index contributed by atoms with van der Waals surface area (Å²) < 4.78 is 2.23. The summed E-state index contributed by atoms with van der Waals surface area (Å²) in [5.74, 6) is 1.85. The van der Waals surface area contributed by atoms with E-state index in [4.69, 9.17) is 15.0 Å². The first kappa shape index (κ1) is 35.5. The van der Waals surface area contributed by atoms with Gasteiger partial charge in [0.05, 0.1) is 11.0 Å². The molecule has 2 aromatic heterocycles. The predicted molar refractivity (Wildman–Crippen MR) is 250 cm³/mol. The van der Waals surface area contributed by atoms with E-state index in [-0.39, 0.29) is 0 Å². The lowest BCUT2D eigenvalue weighted by atomic mass is 9.84. The quantitative estimate of drug-likeness (QED) is 0.155. The minimum atomic E-state index is 0.585. The highest BCUT2D eigenvalue weighted by Gasteiger charge is 2.22. The molecule has 0 atom stereocenters. The van der Waals surface area contributed by atoms with Gasteiger partial charge in [0.25, 0.3) is 0 Å². The lowest BCUT2D eigenvalue weighted by molar-refractivity contribution is 0.953. The number of rotatable bonds is 8. The lowest BCUT2D eigenvalue weighted by Gasteiger charge is -2.19. The minimum absolute atomic E-state index is 0.585. The summed E-state index contributed by atoms with van der Waals surface area (Å²) in [4.78, 5) is 15.5. The van der Waals surface area contributed by atoms with Crippen molar-refractivity contribution in [3.8, 4) is 51.0 Å². The second-order valence-corrected chi connectivity index (χ2v) is 15.6. The molecule has 11 aromatic rings. The van der Waals surface area contributed by atoms with Crippen molar-refractivity contribution >= 4 is 43.4 Å². The molecule has 0 fully saturated rings. The van der Waals surface area contributed by atoms with Gasteiger partial charge in [-0.2, -0.15) is 9.97 Å². The zero-order valence-corrected chi connectivity index (χ0v) is 33.3. The molecule has 11 rings (SSSR count). The summed E-state index contributed by atoms with van der Waals surface area (Å²) in [6, 6.07) is 71.5. The van der Waals surface area contributed by atoms with Crippen LogP contribution in [0, 0.1) is 6.92 Å². The first-order chi connectivity index (χ1) is 29.7. The zero-order chi connectivity index (χ0) is 40.0. The first-order valence-electron chi connectivity index (χ1n) is 20.7. The molecule has 0 bridgehead atoms. The average molecular weight is 769 g/mol. The third kappa shape index (κ3) is 6.21. The number of benzene rings is 9. The fourth-order valence-corrected chi connectivity index (χ4v) is 9.04. The van der Waals surface area contributed by atoms with Crippen molar-refractivity contribution in [3.63, 3.8) is 0 Å². The molecule has 2 heterocycles. The van der Waals surface area contributed by atoms with E-state index in [2.05, 4.69) is 175 Å². The van der Waals surface area contributed by atoms with Gasteiger partial charge in [-0.05, 0) is 105 Å². The van der Waals surface area contributed by atoms with Gasteiger partial charge >= 0.3 is 0 Å². The van der Waals surface area contributed by atoms with Gasteiger partial charge < -0.3 is 0 Å². The maximum atomic E-state index is 5.22. The zero-order valence-electron chi connectivity index (χ0n) is 33.3. The molecule has 4 nitrogen and oxygen atoms in total. The van der Waals surface area contributed by atoms with Crippen LogP contribution in [0.3, 0.4) is 0 Å². The number of hydrogen-bond donors (Lipinski definition) is 0. The fraction of sp³-hybridized carbons (Fsp3) is 0.0536. The van der Waals surface area contributed by atoms with Crippen molar-refractivity contribution in [2.75, 3.05) is 0 Å². The average Bonchev–Trinajstić information content (AvgIpc) is 3.66. The number of nitrogens with zero attached hydrogens (tertiary/aromatic N) is 4. The van der Waals surface area contributed by atoms with Crippen LogP contribution in [0.4, 0.5) is 0 Å². The van der Waals surface area contributed by atoms with Crippen molar-refractivity contribution in [2.45, 2.75) is 19.8 Å². The molecule has 9 aromatic carbocycles. The van der Waals surface area contributed by atoms with Gasteiger partial charge in [-0.1, -0.05) is 176 Å². The third-order valence-electron chi connectivity index (χ3n) is 11.9. The van der Waals surface area contributed by atoms with E-state index in [1.807, 2.05) is 36.4 Å². The largest absolute Gasteiger partial charge is 0.278 e. The minimum Gasteiger partial charge on any atom is -0.278 e. The van der Waals surface area contributed by atoms with Crippen molar-refractivity contribution in [1.82, 2.24) is 19.5 Å². The van der Waals surface area contributed by atoms with Crippen molar-refractivity contribution in [1.29, 1.82) is 0 Å². The normalized spacial score (nSPS) is 11.6. The van der Waals surface area contributed by atoms with E-state index in [0.717, 1.165) is 40.4 Å². The van der Waals surface area contributed by atoms with Crippen LogP contribution >= 0.6 is 0 Å². The van der Waals surface area contributed by atoms with E-state index in [9.17, 15) is 0 Å². The smallest absolute Gasteiger partial charge is 0.238 e. The molecular weight excluding hydrogens is 729 g/mol. The summed E-state index contributed by atoms with van der Waals surface area (Å²) in [7, 11) is 0. The van der Waals surface area contributed by atoms with Gasteiger partial charge in [-0.25, -0.2) is 4.98 Å². The van der Waals surface area contributed by atoms with Gasteiger partial charge in [0.1, 0.15) is 0 Å². The van der Waals surface area contributed by atoms with Crippen molar-refractivity contribution < 1.29 is 0 Å². The maximum absolute atomic E-state index is 5.22. The fourth-order valence-electron chi connectivity index (χ4n) is 9.04. The number of hydrogen-bond acceptors (Lipinski definition) is 3. The lowest BCUT2D eigenvalue weighted by Crippen LogP contribution is -2.06. The maximum Gasteiger partial charge on any atom is 0.238 e. The molecule has 0 aliphatic heterocycles. The Morgan fingerprint density at radius 2 is 1.02 bits per heavy atom. The van der Waals surface area contributed by atoms with E-state index in [1.165, 1.54) is 65.9 Å². The van der Waals surface area contributed by atoms with Crippen LogP contribution in [0.2, 0.25) is 0 Å². The summed E-state index contributed by atoms with van der Waals surface area (Å²) in [6.07, 6.45) is 1.88. The van der Waals surface area contributed by atoms with Gasteiger partial charge in [0.15, 0.2) is 11.6 Å². The number of aromatic nitrogens is 4. The molecular formula is C56H40N4. The topological polar surface area (TPSA) is 43.6 Å². The molecule has 284 valence electrons. The predicted octanol–water partition coefficient (Wildman–Crippen LogP) is 14.0. The Bertz CT molecular complexity index is 3310. The molecule has 0 radical (unpaired) electrons. The standard InChI is InChI=1S/C56H40N4/c1-37-17-11-13-25-44(37)52-43(30-29-38-18-5-2-6-19-38)36-48(46-27-15-16-28-47(46)52)42-32-33-50-49(35-42)53-45-26-14-12-20-39(45)31-34-51(53)60(50)56-58-54(40-21-7-3-8-22-40)57-55(59-56)41-23-9-4-10-24-41/h2-28,31-36H,29-30H2,1H3. The Balaban J connectivity index is 1.18. The summed E-state index contributed by atoms with van der Waals surface area (Å²) >= 11 is 0. The Labute approximate surface area is 349 Å². The Hall–Kier alpha value is -7.69. The van der Waals surface area contributed by atoms with Crippen molar-refractivity contribution in [2.24, 2.45) is 0 Å². The molecule has 4 heteroatoms. The highest BCUT2D eigenvalue weighted by Crippen LogP contribution is 2.43. The van der Waals surface area contributed by atoms with Crippen LogP contribution in [0.5, 0.6) is 0 Å². The van der Waals surface area contributed by atoms with Crippen molar-refractivity contribution in [3.05, 3.63) is 217 Å². The van der Waals surface area contributed by atoms with E-state index >= 15 is 0 Å². The molecule has 0 aliphatic rings. The van der Waals surface area contributed by atoms with Gasteiger partial charge in [-0.3, -0.25) is 4.57 Å². The SMILES string of the molecule is Cc1ccccc1-c1c(CCc2ccccc2)cc(-c2ccc3c(c2)c2c4ccccc4ccc2n3-c2nc(-c3ccccc3)nc(-c3ccccc3)n2)c2ccccc12. The molecule has 0 saturated heterocycles. The molecule has 0 unspecified atom stereocenters.